The summed E-state index contributed by atoms with van der Waals surface area (Å²) in [7, 11) is 0. The molecular weight excluding hydrogens is 198 g/mol. The molecule has 2 aliphatic rings. The van der Waals surface area contributed by atoms with Crippen molar-refractivity contribution in [3.05, 3.63) is 0 Å². The number of hydrogen-bond donors (Lipinski definition) is 2. The van der Waals surface area contributed by atoms with Gasteiger partial charge in [-0.2, -0.15) is 0 Å². The van der Waals surface area contributed by atoms with E-state index >= 15 is 0 Å². The molecule has 1 aliphatic carbocycles. The van der Waals surface area contributed by atoms with Crippen molar-refractivity contribution in [2.24, 2.45) is 11.8 Å². The van der Waals surface area contributed by atoms with Gasteiger partial charge in [0.25, 0.3) is 0 Å². The van der Waals surface area contributed by atoms with Crippen LogP contribution in [0.1, 0.15) is 19.3 Å². The molecule has 1 heterocycles. The van der Waals surface area contributed by atoms with Crippen molar-refractivity contribution in [3.8, 4) is 0 Å². The van der Waals surface area contributed by atoms with Gasteiger partial charge in [0.1, 0.15) is 0 Å². The monoisotopic (exact) mass is 213 g/mol. The molecule has 1 aliphatic heterocycles. The molecule has 2 N–H and O–H groups in total. The van der Waals surface area contributed by atoms with E-state index in [0.29, 0.717) is 19.5 Å². The third kappa shape index (κ3) is 2.12. The third-order valence-electron chi connectivity index (χ3n) is 3.13. The first-order valence-electron chi connectivity index (χ1n) is 5.29. The van der Waals surface area contributed by atoms with E-state index in [1.165, 1.54) is 0 Å². The smallest absolute Gasteiger partial charge is 0.307 e. The molecule has 2 unspecified atom stereocenters. The van der Waals surface area contributed by atoms with Crippen LogP contribution in [0.3, 0.4) is 0 Å². The highest BCUT2D eigenvalue weighted by molar-refractivity contribution is 5.89. The van der Waals surface area contributed by atoms with Gasteiger partial charge in [0.05, 0.1) is 17.9 Å². The number of rotatable bonds is 2. The van der Waals surface area contributed by atoms with Crippen LogP contribution in [-0.2, 0) is 9.59 Å². The van der Waals surface area contributed by atoms with E-state index in [4.69, 9.17) is 5.11 Å². The Bertz CT molecular complexity index is 291. The fraction of sp³-hybridized carbons (Fsp3) is 0.800. The van der Waals surface area contributed by atoms with Gasteiger partial charge in [-0.25, -0.2) is 0 Å². The van der Waals surface area contributed by atoms with E-state index in [9.17, 15) is 14.7 Å². The van der Waals surface area contributed by atoms with Crippen molar-refractivity contribution in [2.75, 3.05) is 13.1 Å². The predicted molar refractivity (Wildman–Crippen MR) is 51.1 cm³/mol. The summed E-state index contributed by atoms with van der Waals surface area (Å²) in [4.78, 5) is 24.0. The Hall–Kier alpha value is -1.10. The lowest BCUT2D eigenvalue weighted by Gasteiger charge is -2.30. The van der Waals surface area contributed by atoms with Crippen molar-refractivity contribution >= 4 is 11.9 Å². The summed E-state index contributed by atoms with van der Waals surface area (Å²) in [6.07, 6.45) is 1.55. The first-order valence-corrected chi connectivity index (χ1v) is 5.29. The standard InChI is InChI=1S/C10H15NO4/c12-6-2-1-3-11(5-6)9(13)7-4-8(7)10(14)15/h6-8,12H,1-5H2,(H,14,15)/t6-,7?,8?/m0/s1. The van der Waals surface area contributed by atoms with E-state index in [1.807, 2.05) is 0 Å². The summed E-state index contributed by atoms with van der Waals surface area (Å²) in [6, 6.07) is 0. The second kappa shape index (κ2) is 3.81. The fourth-order valence-electron chi connectivity index (χ4n) is 2.13. The quantitative estimate of drug-likeness (QED) is 0.659. The Balaban J connectivity index is 1.89. The average Bonchev–Trinajstić information content (AvgIpc) is 2.96. The number of β-amino-alcohol motifs (C(OH)–C–C–N with tert-alkyl or cyclic N) is 1. The van der Waals surface area contributed by atoms with E-state index in [-0.39, 0.29) is 11.8 Å². The lowest BCUT2D eigenvalue weighted by molar-refractivity contribution is -0.142. The molecule has 0 bridgehead atoms. The number of aliphatic hydroxyl groups is 1. The van der Waals surface area contributed by atoms with Crippen molar-refractivity contribution in [1.82, 2.24) is 4.90 Å². The van der Waals surface area contributed by atoms with Crippen molar-refractivity contribution in [2.45, 2.75) is 25.4 Å². The van der Waals surface area contributed by atoms with Crippen LogP contribution in [0.5, 0.6) is 0 Å². The van der Waals surface area contributed by atoms with Crippen molar-refractivity contribution < 1.29 is 19.8 Å². The van der Waals surface area contributed by atoms with Crippen LogP contribution in [0.15, 0.2) is 0 Å². The summed E-state index contributed by atoms with van der Waals surface area (Å²) >= 11 is 0. The van der Waals surface area contributed by atoms with Gasteiger partial charge in [-0.05, 0) is 19.3 Å². The Morgan fingerprint density at radius 2 is 2.00 bits per heavy atom. The number of aliphatic hydroxyl groups excluding tert-OH is 1. The molecule has 15 heavy (non-hydrogen) atoms. The molecule has 1 amide bonds. The van der Waals surface area contributed by atoms with Crippen LogP contribution in [0.2, 0.25) is 0 Å². The van der Waals surface area contributed by atoms with Gasteiger partial charge in [0.2, 0.25) is 5.91 Å². The first-order chi connectivity index (χ1) is 7.09. The van der Waals surface area contributed by atoms with E-state index < -0.39 is 18.0 Å². The van der Waals surface area contributed by atoms with Gasteiger partial charge in [-0.15, -0.1) is 0 Å². The lowest BCUT2D eigenvalue weighted by atomic mass is 10.1. The van der Waals surface area contributed by atoms with Crippen LogP contribution >= 0.6 is 0 Å². The number of carboxylic acid groups (broad SMARTS) is 1. The van der Waals surface area contributed by atoms with E-state index in [2.05, 4.69) is 0 Å². The largest absolute Gasteiger partial charge is 0.481 e. The van der Waals surface area contributed by atoms with E-state index in [1.54, 1.807) is 4.90 Å². The number of likely N-dealkylation sites (tertiary alicyclic amines) is 1. The molecule has 2 fully saturated rings. The first kappa shape index (κ1) is 10.4. The number of hydrogen-bond acceptors (Lipinski definition) is 3. The molecule has 1 saturated carbocycles. The highest BCUT2D eigenvalue weighted by Gasteiger charge is 2.50. The topological polar surface area (TPSA) is 77.8 Å². The average molecular weight is 213 g/mol. The maximum atomic E-state index is 11.8. The predicted octanol–water partition coefficient (Wildman–Crippen LogP) is -0.310. The zero-order valence-electron chi connectivity index (χ0n) is 8.43. The van der Waals surface area contributed by atoms with Crippen LogP contribution < -0.4 is 0 Å². The summed E-state index contributed by atoms with van der Waals surface area (Å²) < 4.78 is 0. The summed E-state index contributed by atoms with van der Waals surface area (Å²) in [5.74, 6) is -1.81. The SMILES string of the molecule is O=C(O)C1CC1C(=O)N1CCC[C@H](O)C1. The van der Waals surface area contributed by atoms with Crippen LogP contribution in [0.4, 0.5) is 0 Å². The molecule has 5 heteroatoms. The molecule has 5 nitrogen and oxygen atoms in total. The molecule has 1 saturated heterocycles. The Morgan fingerprint density at radius 3 is 2.53 bits per heavy atom. The minimum absolute atomic E-state index is 0.0962. The number of carboxylic acids is 1. The Labute approximate surface area is 87.7 Å². The molecule has 0 aromatic heterocycles. The molecule has 3 atom stereocenters. The molecule has 2 rings (SSSR count). The summed E-state index contributed by atoms with van der Waals surface area (Å²) in [5.41, 5.74) is 0. The van der Waals surface area contributed by atoms with Crippen LogP contribution in [-0.4, -0.2) is 46.2 Å². The number of piperidine rings is 1. The van der Waals surface area contributed by atoms with Gasteiger partial charge in [0, 0.05) is 13.1 Å². The number of amides is 1. The maximum absolute atomic E-state index is 11.8. The summed E-state index contributed by atoms with van der Waals surface area (Å²) in [5, 5.41) is 18.1. The third-order valence-corrected chi connectivity index (χ3v) is 3.13. The summed E-state index contributed by atoms with van der Waals surface area (Å²) in [6.45, 7) is 1.01. The molecule has 0 spiro atoms. The second-order valence-corrected chi connectivity index (χ2v) is 4.37. The van der Waals surface area contributed by atoms with Crippen molar-refractivity contribution in [1.29, 1.82) is 0 Å². The zero-order chi connectivity index (χ0) is 11.0. The Morgan fingerprint density at radius 1 is 1.27 bits per heavy atom. The fourth-order valence-corrected chi connectivity index (χ4v) is 2.13. The van der Waals surface area contributed by atoms with Gasteiger partial charge < -0.3 is 15.1 Å². The second-order valence-electron chi connectivity index (χ2n) is 4.37. The van der Waals surface area contributed by atoms with Crippen LogP contribution in [0, 0.1) is 11.8 Å². The minimum Gasteiger partial charge on any atom is -0.481 e. The zero-order valence-corrected chi connectivity index (χ0v) is 8.43. The molecule has 0 aromatic carbocycles. The van der Waals surface area contributed by atoms with Gasteiger partial charge in [-0.3, -0.25) is 9.59 Å². The van der Waals surface area contributed by atoms with Crippen LogP contribution in [0.25, 0.3) is 0 Å². The molecule has 0 radical (unpaired) electrons. The number of carbonyl (C=O) groups excluding carboxylic acids is 1. The van der Waals surface area contributed by atoms with E-state index in [0.717, 1.165) is 12.8 Å². The number of nitrogens with zero attached hydrogens (tertiary/aromatic N) is 1. The van der Waals surface area contributed by atoms with Crippen molar-refractivity contribution in [3.63, 3.8) is 0 Å². The number of carbonyl (C=O) groups is 2. The lowest BCUT2D eigenvalue weighted by Crippen LogP contribution is -2.43. The van der Waals surface area contributed by atoms with Gasteiger partial charge in [-0.1, -0.05) is 0 Å². The van der Waals surface area contributed by atoms with Gasteiger partial charge in [0.15, 0.2) is 0 Å². The van der Waals surface area contributed by atoms with Gasteiger partial charge >= 0.3 is 5.97 Å². The molecular formula is C10H15NO4. The molecule has 0 aromatic rings. The highest BCUT2D eigenvalue weighted by atomic mass is 16.4. The normalized spacial score (nSPS) is 35.0. The minimum atomic E-state index is -0.883. The number of aliphatic carboxylic acids is 1. The molecule has 84 valence electrons. The maximum Gasteiger partial charge on any atom is 0.307 e. The highest BCUT2D eigenvalue weighted by Crippen LogP contribution is 2.40. The Kier molecular flexibility index (Phi) is 2.65.